The van der Waals surface area contributed by atoms with Crippen LogP contribution >= 0.6 is 24.4 Å². The van der Waals surface area contributed by atoms with Crippen molar-refractivity contribution >= 4 is 46.1 Å². The van der Waals surface area contributed by atoms with Crippen LogP contribution in [0.15, 0.2) is 34.5 Å². The Labute approximate surface area is 180 Å². The van der Waals surface area contributed by atoms with Gasteiger partial charge in [-0.1, -0.05) is 29.8 Å². The Hall–Kier alpha value is -2.06. The summed E-state index contributed by atoms with van der Waals surface area (Å²) >= 11 is 10.9. The smallest absolute Gasteiger partial charge is 0.189 e. The third kappa shape index (κ3) is 7.16. The number of hydrogen-bond donors (Lipinski definition) is 2. The lowest BCUT2D eigenvalue weighted by atomic mass is 10.1. The van der Waals surface area contributed by atoms with Gasteiger partial charge in [0, 0.05) is 31.7 Å². The van der Waals surface area contributed by atoms with Crippen molar-refractivity contribution in [2.24, 2.45) is 10.2 Å². The summed E-state index contributed by atoms with van der Waals surface area (Å²) in [5.41, 5.74) is 9.55. The minimum absolute atomic E-state index is 0.592. The SMILES string of the molecule is CCN(CC)C(=S)NN=C(C)C(=NNC(=S)N(CC)CC)c1ccc(C)cc1. The normalized spacial score (nSPS) is 11.8. The summed E-state index contributed by atoms with van der Waals surface area (Å²) in [7, 11) is 0. The van der Waals surface area contributed by atoms with Gasteiger partial charge in [-0.3, -0.25) is 10.9 Å². The zero-order valence-corrected chi connectivity index (χ0v) is 19.4. The van der Waals surface area contributed by atoms with E-state index in [4.69, 9.17) is 24.4 Å². The first-order chi connectivity index (χ1) is 13.4. The van der Waals surface area contributed by atoms with Crippen LogP contribution in [-0.2, 0) is 0 Å². The van der Waals surface area contributed by atoms with Crippen LogP contribution in [0.5, 0.6) is 0 Å². The minimum atomic E-state index is 0.592. The van der Waals surface area contributed by atoms with Crippen molar-refractivity contribution in [3.8, 4) is 0 Å². The molecule has 0 aromatic heterocycles. The van der Waals surface area contributed by atoms with Crippen molar-refractivity contribution in [3.05, 3.63) is 35.4 Å². The van der Waals surface area contributed by atoms with Gasteiger partial charge in [0.05, 0.1) is 5.71 Å². The van der Waals surface area contributed by atoms with Crippen LogP contribution in [-0.4, -0.2) is 57.6 Å². The van der Waals surface area contributed by atoms with Gasteiger partial charge in [-0.05, 0) is 66.0 Å². The number of aryl methyl sites for hydroxylation is 1. The number of rotatable bonds is 8. The molecule has 0 aliphatic heterocycles. The first kappa shape index (κ1) is 24.0. The van der Waals surface area contributed by atoms with Gasteiger partial charge in [-0.2, -0.15) is 10.2 Å². The third-order valence-electron chi connectivity index (χ3n) is 4.35. The molecule has 2 N–H and O–H groups in total. The largest absolute Gasteiger partial charge is 0.348 e. The van der Waals surface area contributed by atoms with E-state index in [9.17, 15) is 0 Å². The van der Waals surface area contributed by atoms with E-state index in [-0.39, 0.29) is 0 Å². The first-order valence-corrected chi connectivity index (χ1v) is 10.5. The first-order valence-electron chi connectivity index (χ1n) is 9.66. The summed E-state index contributed by atoms with van der Waals surface area (Å²) in [5, 5.41) is 10.2. The van der Waals surface area contributed by atoms with Crippen molar-refractivity contribution < 1.29 is 0 Å². The quantitative estimate of drug-likeness (QED) is 0.381. The maximum Gasteiger partial charge on any atom is 0.189 e. The number of benzene rings is 1. The molecule has 154 valence electrons. The average molecular weight is 421 g/mol. The summed E-state index contributed by atoms with van der Waals surface area (Å²) in [5.74, 6) is 0. The standard InChI is InChI=1S/C20H32N6S2/c1-7-25(8-2)19(27)23-21-16(6)18(17-13-11-15(5)12-14-17)22-24-20(28)26(9-3)10-4/h11-14H,7-10H2,1-6H3,(H,23,27)(H,24,28). The van der Waals surface area contributed by atoms with Crippen LogP contribution in [0.4, 0.5) is 0 Å². The number of hydrogen-bond acceptors (Lipinski definition) is 4. The van der Waals surface area contributed by atoms with Crippen LogP contribution < -0.4 is 10.9 Å². The minimum Gasteiger partial charge on any atom is -0.348 e. The molecule has 28 heavy (non-hydrogen) atoms. The molecule has 0 unspecified atom stereocenters. The van der Waals surface area contributed by atoms with Crippen LogP contribution in [0.25, 0.3) is 0 Å². The summed E-state index contributed by atoms with van der Waals surface area (Å²) < 4.78 is 0. The molecule has 0 spiro atoms. The molecule has 0 amide bonds. The molecule has 0 heterocycles. The molecule has 0 fully saturated rings. The Kier molecular flexibility index (Phi) is 10.6. The molecule has 1 aromatic carbocycles. The number of nitrogens with one attached hydrogen (secondary N) is 2. The Morgan fingerprint density at radius 3 is 1.68 bits per heavy atom. The van der Waals surface area contributed by atoms with Gasteiger partial charge in [0.15, 0.2) is 10.2 Å². The van der Waals surface area contributed by atoms with E-state index in [1.54, 1.807) is 0 Å². The molecule has 6 nitrogen and oxygen atoms in total. The van der Waals surface area contributed by atoms with Crippen LogP contribution in [0, 0.1) is 6.92 Å². The molecule has 0 aliphatic rings. The Morgan fingerprint density at radius 2 is 1.25 bits per heavy atom. The average Bonchev–Trinajstić information content (AvgIpc) is 2.69. The van der Waals surface area contributed by atoms with E-state index in [0.29, 0.717) is 21.6 Å². The van der Waals surface area contributed by atoms with E-state index < -0.39 is 0 Å². The maximum absolute atomic E-state index is 5.45. The molecule has 0 saturated heterocycles. The molecule has 0 saturated carbocycles. The summed E-state index contributed by atoms with van der Waals surface area (Å²) in [6.45, 7) is 15.5. The number of hydrazone groups is 2. The van der Waals surface area contributed by atoms with Gasteiger partial charge in [0.2, 0.25) is 0 Å². The topological polar surface area (TPSA) is 55.3 Å². The molecule has 0 radical (unpaired) electrons. The lowest BCUT2D eigenvalue weighted by Crippen LogP contribution is -2.39. The molecule has 0 aliphatic carbocycles. The molecule has 1 aromatic rings. The molecule has 8 heteroatoms. The van der Waals surface area contributed by atoms with Gasteiger partial charge in [-0.15, -0.1) is 0 Å². The molecule has 1 rings (SSSR count). The Bertz CT molecular complexity index is 704. The van der Waals surface area contributed by atoms with Crippen molar-refractivity contribution in [3.63, 3.8) is 0 Å². The van der Waals surface area contributed by atoms with E-state index in [1.807, 2.05) is 28.9 Å². The second-order valence-corrected chi connectivity index (χ2v) is 6.98. The predicted octanol–water partition coefficient (Wildman–Crippen LogP) is 3.51. The van der Waals surface area contributed by atoms with Crippen LogP contribution in [0.2, 0.25) is 0 Å². The van der Waals surface area contributed by atoms with Crippen molar-refractivity contribution in [1.82, 2.24) is 20.7 Å². The fourth-order valence-electron chi connectivity index (χ4n) is 2.52. The van der Waals surface area contributed by atoms with Crippen molar-refractivity contribution in [2.75, 3.05) is 26.2 Å². The van der Waals surface area contributed by atoms with Gasteiger partial charge in [0.1, 0.15) is 5.71 Å². The summed E-state index contributed by atoms with van der Waals surface area (Å²) in [6.07, 6.45) is 0. The Morgan fingerprint density at radius 1 is 0.821 bits per heavy atom. The lowest BCUT2D eigenvalue weighted by molar-refractivity contribution is 0.457. The molecular weight excluding hydrogens is 388 g/mol. The molecule has 0 bridgehead atoms. The maximum atomic E-state index is 5.45. The third-order valence-corrected chi connectivity index (χ3v) is 5.05. The van der Waals surface area contributed by atoms with E-state index in [2.05, 4.69) is 67.8 Å². The van der Waals surface area contributed by atoms with Crippen molar-refractivity contribution in [2.45, 2.75) is 41.5 Å². The monoisotopic (exact) mass is 420 g/mol. The zero-order valence-electron chi connectivity index (χ0n) is 17.7. The fourth-order valence-corrected chi connectivity index (χ4v) is 3.12. The lowest BCUT2D eigenvalue weighted by Gasteiger charge is -2.21. The second kappa shape index (κ2) is 12.4. The van der Waals surface area contributed by atoms with Crippen LogP contribution in [0.1, 0.15) is 45.7 Å². The number of nitrogens with zero attached hydrogens (tertiary/aromatic N) is 4. The van der Waals surface area contributed by atoms with Crippen molar-refractivity contribution in [1.29, 1.82) is 0 Å². The fraction of sp³-hybridized carbons (Fsp3) is 0.500. The Balaban J connectivity index is 3.11. The summed E-state index contributed by atoms with van der Waals surface area (Å²) in [6, 6.07) is 8.15. The highest BCUT2D eigenvalue weighted by Crippen LogP contribution is 2.06. The zero-order chi connectivity index (χ0) is 21.1. The van der Waals surface area contributed by atoms with E-state index in [0.717, 1.165) is 31.7 Å². The highest BCUT2D eigenvalue weighted by molar-refractivity contribution is 7.80. The molecular formula is C20H32N6S2. The van der Waals surface area contributed by atoms with E-state index in [1.165, 1.54) is 5.56 Å². The second-order valence-electron chi connectivity index (χ2n) is 6.20. The highest BCUT2D eigenvalue weighted by atomic mass is 32.1. The predicted molar refractivity (Wildman–Crippen MR) is 128 cm³/mol. The van der Waals surface area contributed by atoms with Gasteiger partial charge in [-0.25, -0.2) is 0 Å². The van der Waals surface area contributed by atoms with Crippen LogP contribution in [0.3, 0.4) is 0 Å². The van der Waals surface area contributed by atoms with Gasteiger partial charge >= 0.3 is 0 Å². The van der Waals surface area contributed by atoms with Gasteiger partial charge in [0.25, 0.3) is 0 Å². The van der Waals surface area contributed by atoms with Gasteiger partial charge < -0.3 is 9.80 Å². The molecule has 0 atom stereocenters. The van der Waals surface area contributed by atoms with E-state index >= 15 is 0 Å². The highest BCUT2D eigenvalue weighted by Gasteiger charge is 2.11. The number of thiocarbonyl (C=S) groups is 2. The summed E-state index contributed by atoms with van der Waals surface area (Å²) in [4.78, 5) is 4.06.